The van der Waals surface area contributed by atoms with Gasteiger partial charge in [0.2, 0.25) is 0 Å². The molecule has 0 amide bonds. The van der Waals surface area contributed by atoms with E-state index in [0.29, 0.717) is 17.0 Å². The number of nitrogens with zero attached hydrogens (tertiary/aromatic N) is 1. The van der Waals surface area contributed by atoms with E-state index in [9.17, 15) is 14.9 Å². The molecule has 0 spiro atoms. The number of carbonyl (C=O) groups excluding carboxylic acids is 1. The van der Waals surface area contributed by atoms with Crippen LogP contribution >= 0.6 is 11.6 Å². The predicted molar refractivity (Wildman–Crippen MR) is 61.8 cm³/mol. The fraction of sp³-hybridized carbons (Fsp3) is 0.364. The minimum atomic E-state index is -0.507. The Bertz CT molecular complexity index is 431. The number of benzene rings is 1. The number of nitro benzene ring substituents is 1. The van der Waals surface area contributed by atoms with Crippen LogP contribution in [-0.2, 0) is 4.79 Å². The molecular weight excluding hydrogens is 230 g/mol. The SMILES string of the molecule is CCC(C(C)=O)c1ccc(Cl)cc1[N+](=O)[O-]. The Morgan fingerprint density at radius 3 is 2.62 bits per heavy atom. The fourth-order valence-corrected chi connectivity index (χ4v) is 1.86. The summed E-state index contributed by atoms with van der Waals surface area (Å²) in [5.74, 6) is -0.509. The van der Waals surface area contributed by atoms with Gasteiger partial charge in [-0.3, -0.25) is 14.9 Å². The first-order valence-corrected chi connectivity index (χ1v) is 5.29. The van der Waals surface area contributed by atoms with Crippen molar-refractivity contribution in [3.05, 3.63) is 38.9 Å². The molecule has 16 heavy (non-hydrogen) atoms. The van der Waals surface area contributed by atoms with Gasteiger partial charge in [-0.15, -0.1) is 0 Å². The van der Waals surface area contributed by atoms with Crippen LogP contribution in [0.1, 0.15) is 31.7 Å². The van der Waals surface area contributed by atoms with Crippen molar-refractivity contribution >= 4 is 23.1 Å². The predicted octanol–water partition coefficient (Wildman–Crippen LogP) is 3.33. The van der Waals surface area contributed by atoms with Gasteiger partial charge in [-0.25, -0.2) is 0 Å². The Morgan fingerprint density at radius 2 is 2.19 bits per heavy atom. The van der Waals surface area contributed by atoms with Crippen LogP contribution in [0, 0.1) is 10.1 Å². The molecule has 86 valence electrons. The summed E-state index contributed by atoms with van der Waals surface area (Å²) in [6.07, 6.45) is 0.539. The Hall–Kier alpha value is -1.42. The minimum Gasteiger partial charge on any atom is -0.299 e. The summed E-state index contributed by atoms with van der Waals surface area (Å²) >= 11 is 5.70. The van der Waals surface area contributed by atoms with Crippen LogP contribution in [0.3, 0.4) is 0 Å². The van der Waals surface area contributed by atoms with Crippen molar-refractivity contribution in [3.63, 3.8) is 0 Å². The van der Waals surface area contributed by atoms with Crippen LogP contribution in [-0.4, -0.2) is 10.7 Å². The molecule has 0 aliphatic carbocycles. The van der Waals surface area contributed by atoms with E-state index in [-0.39, 0.29) is 11.5 Å². The second-order valence-corrected chi connectivity index (χ2v) is 3.97. The van der Waals surface area contributed by atoms with Crippen molar-refractivity contribution in [1.29, 1.82) is 0 Å². The molecule has 0 bridgehead atoms. The van der Waals surface area contributed by atoms with E-state index in [1.165, 1.54) is 13.0 Å². The largest absolute Gasteiger partial charge is 0.299 e. The van der Waals surface area contributed by atoms with Crippen molar-refractivity contribution < 1.29 is 9.72 Å². The third kappa shape index (κ3) is 2.58. The molecule has 1 atom stereocenters. The normalized spacial score (nSPS) is 12.2. The molecule has 5 heteroatoms. The Morgan fingerprint density at radius 1 is 1.56 bits per heavy atom. The van der Waals surface area contributed by atoms with Gasteiger partial charge in [-0.1, -0.05) is 18.5 Å². The number of nitro groups is 1. The number of carbonyl (C=O) groups is 1. The molecule has 1 unspecified atom stereocenters. The topological polar surface area (TPSA) is 60.2 Å². The van der Waals surface area contributed by atoms with E-state index in [2.05, 4.69) is 0 Å². The Balaban J connectivity index is 3.31. The van der Waals surface area contributed by atoms with Crippen LogP contribution in [0.25, 0.3) is 0 Å². The maximum absolute atomic E-state index is 11.4. The third-order valence-electron chi connectivity index (χ3n) is 2.46. The van der Waals surface area contributed by atoms with Gasteiger partial charge in [-0.2, -0.15) is 0 Å². The van der Waals surface area contributed by atoms with E-state index in [1.54, 1.807) is 12.1 Å². The van der Waals surface area contributed by atoms with Crippen LogP contribution in [0.5, 0.6) is 0 Å². The third-order valence-corrected chi connectivity index (χ3v) is 2.70. The number of ketones is 1. The highest BCUT2D eigenvalue weighted by molar-refractivity contribution is 6.30. The lowest BCUT2D eigenvalue weighted by atomic mass is 9.92. The van der Waals surface area contributed by atoms with E-state index >= 15 is 0 Å². The zero-order valence-corrected chi connectivity index (χ0v) is 9.82. The van der Waals surface area contributed by atoms with Crippen molar-refractivity contribution in [2.75, 3.05) is 0 Å². The van der Waals surface area contributed by atoms with Crippen LogP contribution in [0.2, 0.25) is 5.02 Å². The van der Waals surface area contributed by atoms with Crippen LogP contribution < -0.4 is 0 Å². The highest BCUT2D eigenvalue weighted by atomic mass is 35.5. The van der Waals surface area contributed by atoms with Gasteiger partial charge in [-0.05, 0) is 25.5 Å². The lowest BCUT2D eigenvalue weighted by Crippen LogP contribution is -2.10. The lowest BCUT2D eigenvalue weighted by molar-refractivity contribution is -0.385. The molecule has 0 N–H and O–H groups in total. The highest BCUT2D eigenvalue weighted by Crippen LogP contribution is 2.31. The van der Waals surface area contributed by atoms with Crippen molar-refractivity contribution in [2.45, 2.75) is 26.2 Å². The fourth-order valence-electron chi connectivity index (χ4n) is 1.70. The van der Waals surface area contributed by atoms with E-state index in [0.717, 1.165) is 0 Å². The minimum absolute atomic E-state index is 0.0760. The van der Waals surface area contributed by atoms with Gasteiger partial charge in [0.15, 0.2) is 0 Å². The molecule has 0 aliphatic rings. The molecule has 0 saturated heterocycles. The molecule has 0 heterocycles. The molecule has 0 saturated carbocycles. The first-order chi connectivity index (χ1) is 7.47. The lowest BCUT2D eigenvalue weighted by Gasteiger charge is -2.11. The molecule has 0 radical (unpaired) electrons. The van der Waals surface area contributed by atoms with Crippen molar-refractivity contribution in [3.8, 4) is 0 Å². The van der Waals surface area contributed by atoms with Gasteiger partial charge in [0, 0.05) is 22.6 Å². The molecule has 0 aliphatic heterocycles. The second kappa shape index (κ2) is 5.07. The van der Waals surface area contributed by atoms with E-state index in [1.807, 2.05) is 6.92 Å². The highest BCUT2D eigenvalue weighted by Gasteiger charge is 2.24. The number of Topliss-reactive ketones (excluding diaryl/α,β-unsaturated/α-hetero) is 1. The molecule has 1 aromatic rings. The number of halogens is 1. The summed E-state index contributed by atoms with van der Waals surface area (Å²) < 4.78 is 0. The maximum atomic E-state index is 11.4. The summed E-state index contributed by atoms with van der Waals surface area (Å²) in [5, 5.41) is 11.2. The van der Waals surface area contributed by atoms with Gasteiger partial charge >= 0.3 is 0 Å². The molecule has 1 aromatic carbocycles. The van der Waals surface area contributed by atoms with Gasteiger partial charge in [0.05, 0.1) is 4.92 Å². The summed E-state index contributed by atoms with van der Waals surface area (Å²) in [6.45, 7) is 3.26. The maximum Gasteiger partial charge on any atom is 0.274 e. The standard InChI is InChI=1S/C11H12ClNO3/c1-3-9(7(2)14)10-5-4-8(12)6-11(10)13(15)16/h4-6,9H,3H2,1-2H3. The molecule has 0 aromatic heterocycles. The zero-order chi connectivity index (χ0) is 12.3. The first kappa shape index (κ1) is 12.6. The average molecular weight is 242 g/mol. The number of rotatable bonds is 4. The van der Waals surface area contributed by atoms with E-state index in [4.69, 9.17) is 11.6 Å². The van der Waals surface area contributed by atoms with Gasteiger partial charge in [0.1, 0.15) is 5.78 Å². The van der Waals surface area contributed by atoms with Crippen LogP contribution in [0.4, 0.5) is 5.69 Å². The average Bonchev–Trinajstić information content (AvgIpc) is 2.20. The zero-order valence-electron chi connectivity index (χ0n) is 9.07. The molecule has 4 nitrogen and oxygen atoms in total. The number of hydrogen-bond acceptors (Lipinski definition) is 3. The van der Waals surface area contributed by atoms with Crippen molar-refractivity contribution in [1.82, 2.24) is 0 Å². The summed E-state index contributed by atoms with van der Waals surface area (Å²) in [5.41, 5.74) is 0.346. The smallest absolute Gasteiger partial charge is 0.274 e. The molecular formula is C11H12ClNO3. The summed E-state index contributed by atoms with van der Waals surface area (Å²) in [6, 6.07) is 4.40. The molecule has 1 rings (SSSR count). The van der Waals surface area contributed by atoms with Gasteiger partial charge < -0.3 is 0 Å². The quantitative estimate of drug-likeness (QED) is 0.600. The van der Waals surface area contributed by atoms with E-state index < -0.39 is 10.8 Å². The summed E-state index contributed by atoms with van der Waals surface area (Å²) in [7, 11) is 0. The molecule has 0 fully saturated rings. The Kier molecular flexibility index (Phi) is 4.01. The number of hydrogen-bond donors (Lipinski definition) is 0. The monoisotopic (exact) mass is 241 g/mol. The first-order valence-electron chi connectivity index (χ1n) is 4.91. The van der Waals surface area contributed by atoms with Crippen LogP contribution in [0.15, 0.2) is 18.2 Å². The Labute approximate surface area is 98.4 Å². The second-order valence-electron chi connectivity index (χ2n) is 3.53. The van der Waals surface area contributed by atoms with Gasteiger partial charge in [0.25, 0.3) is 5.69 Å². The van der Waals surface area contributed by atoms with Crippen molar-refractivity contribution in [2.24, 2.45) is 0 Å². The summed E-state index contributed by atoms with van der Waals surface area (Å²) in [4.78, 5) is 21.7.